The second-order valence-electron chi connectivity index (χ2n) is 7.90. The summed E-state index contributed by atoms with van der Waals surface area (Å²) < 4.78 is 24.9. The van der Waals surface area contributed by atoms with Gasteiger partial charge in [-0.05, 0) is 16.7 Å². The first-order chi connectivity index (χ1) is 15.8. The zero-order valence-electron chi connectivity index (χ0n) is 18.2. The summed E-state index contributed by atoms with van der Waals surface area (Å²) in [5.74, 6) is 0. The van der Waals surface area contributed by atoms with E-state index in [1.54, 1.807) is 6.08 Å². The van der Waals surface area contributed by atoms with E-state index >= 15 is 0 Å². The molecule has 0 aliphatic carbocycles. The lowest BCUT2D eigenvalue weighted by molar-refractivity contribution is -0.0896. The van der Waals surface area contributed by atoms with Crippen molar-refractivity contribution in [3.8, 4) is 0 Å². The van der Waals surface area contributed by atoms with Gasteiger partial charge < -0.3 is 18.9 Å². The molecule has 4 atom stereocenters. The highest BCUT2D eigenvalue weighted by Crippen LogP contribution is 2.29. The Kier molecular flexibility index (Phi) is 8.23. The Balaban J connectivity index is 1.43. The van der Waals surface area contributed by atoms with Crippen LogP contribution >= 0.6 is 0 Å². The molecule has 0 radical (unpaired) electrons. The molecular weight excluding hydrogens is 400 g/mol. The fourth-order valence-electron chi connectivity index (χ4n) is 3.87. The molecular formula is C28H30O4. The van der Waals surface area contributed by atoms with Crippen LogP contribution in [-0.2, 0) is 38.8 Å². The van der Waals surface area contributed by atoms with E-state index in [-0.39, 0.29) is 24.4 Å². The van der Waals surface area contributed by atoms with Crippen molar-refractivity contribution < 1.29 is 18.9 Å². The number of ether oxygens (including phenoxy) is 4. The molecule has 1 saturated heterocycles. The van der Waals surface area contributed by atoms with E-state index in [1.807, 2.05) is 54.6 Å². The molecule has 4 rings (SSSR count). The van der Waals surface area contributed by atoms with Gasteiger partial charge in [0.25, 0.3) is 0 Å². The summed E-state index contributed by atoms with van der Waals surface area (Å²) in [6.07, 6.45) is 0.765. The molecule has 4 heteroatoms. The number of benzene rings is 3. The molecule has 0 aromatic heterocycles. The van der Waals surface area contributed by atoms with Gasteiger partial charge in [-0.2, -0.15) is 0 Å². The van der Waals surface area contributed by atoms with Gasteiger partial charge in [-0.15, -0.1) is 6.58 Å². The summed E-state index contributed by atoms with van der Waals surface area (Å²) in [5, 5.41) is 0. The minimum Gasteiger partial charge on any atom is -0.374 e. The highest BCUT2D eigenvalue weighted by molar-refractivity contribution is 5.15. The lowest BCUT2D eigenvalue weighted by Gasteiger charge is -2.24. The topological polar surface area (TPSA) is 36.9 Å². The first kappa shape index (κ1) is 22.4. The quantitative estimate of drug-likeness (QED) is 0.386. The summed E-state index contributed by atoms with van der Waals surface area (Å²) in [5.41, 5.74) is 3.35. The van der Waals surface area contributed by atoms with Crippen molar-refractivity contribution in [1.29, 1.82) is 0 Å². The minimum absolute atomic E-state index is 0.244. The van der Waals surface area contributed by atoms with Crippen molar-refractivity contribution >= 4 is 0 Å². The van der Waals surface area contributed by atoms with E-state index in [2.05, 4.69) is 43.0 Å². The van der Waals surface area contributed by atoms with Crippen LogP contribution in [0.2, 0.25) is 0 Å². The highest BCUT2D eigenvalue weighted by Gasteiger charge is 2.45. The third kappa shape index (κ3) is 6.15. The molecule has 0 unspecified atom stereocenters. The Labute approximate surface area is 190 Å². The average molecular weight is 431 g/mol. The molecule has 0 bridgehead atoms. The van der Waals surface area contributed by atoms with Gasteiger partial charge in [0.05, 0.1) is 26.4 Å². The molecule has 1 fully saturated rings. The Morgan fingerprint density at radius 2 is 1.12 bits per heavy atom. The first-order valence-corrected chi connectivity index (χ1v) is 11.0. The Morgan fingerprint density at radius 1 is 0.656 bits per heavy atom. The summed E-state index contributed by atoms with van der Waals surface area (Å²) >= 11 is 0. The maximum absolute atomic E-state index is 6.36. The zero-order valence-corrected chi connectivity index (χ0v) is 18.2. The standard InChI is InChI=1S/C28H30O4/c1-2-25-27(30-19-23-14-8-4-9-15-23)28(31-20-24-16-10-5-11-17-24)26(32-25)21-29-18-22-12-6-3-7-13-22/h2-17,25-28H,1,18-21H2/t25-,26-,27+,28-/m0/s1. The van der Waals surface area contributed by atoms with Crippen LogP contribution in [0.15, 0.2) is 104 Å². The molecule has 166 valence electrons. The normalized spacial score (nSPS) is 22.6. The average Bonchev–Trinajstić information content (AvgIpc) is 3.19. The van der Waals surface area contributed by atoms with Crippen molar-refractivity contribution in [2.75, 3.05) is 6.61 Å². The van der Waals surface area contributed by atoms with Gasteiger partial charge in [-0.3, -0.25) is 0 Å². The van der Waals surface area contributed by atoms with Gasteiger partial charge >= 0.3 is 0 Å². The van der Waals surface area contributed by atoms with Crippen LogP contribution in [-0.4, -0.2) is 31.0 Å². The van der Waals surface area contributed by atoms with Crippen LogP contribution < -0.4 is 0 Å². The Bertz CT molecular complexity index is 929. The molecule has 1 aliphatic rings. The molecule has 0 saturated carbocycles. The second-order valence-corrected chi connectivity index (χ2v) is 7.90. The maximum atomic E-state index is 6.36. The van der Waals surface area contributed by atoms with Crippen molar-refractivity contribution in [3.05, 3.63) is 120 Å². The van der Waals surface area contributed by atoms with Crippen molar-refractivity contribution in [2.24, 2.45) is 0 Å². The predicted octanol–water partition coefficient (Wildman–Crippen LogP) is 5.33. The molecule has 0 spiro atoms. The molecule has 0 N–H and O–H groups in total. The van der Waals surface area contributed by atoms with Gasteiger partial charge in [0.2, 0.25) is 0 Å². The lowest BCUT2D eigenvalue weighted by atomic mass is 10.1. The summed E-state index contributed by atoms with van der Waals surface area (Å²) in [6, 6.07) is 30.4. The van der Waals surface area contributed by atoms with Crippen LogP contribution in [0.4, 0.5) is 0 Å². The van der Waals surface area contributed by atoms with Crippen molar-refractivity contribution in [3.63, 3.8) is 0 Å². The molecule has 32 heavy (non-hydrogen) atoms. The SMILES string of the molecule is C=C[C@@H]1O[C@@H](COCc2ccccc2)[C@H](OCc2ccccc2)[C@@H]1OCc1ccccc1. The van der Waals surface area contributed by atoms with E-state index in [0.717, 1.165) is 16.7 Å². The van der Waals surface area contributed by atoms with Gasteiger partial charge in [0, 0.05) is 0 Å². The molecule has 3 aromatic rings. The van der Waals surface area contributed by atoms with E-state index in [0.29, 0.717) is 26.4 Å². The van der Waals surface area contributed by atoms with E-state index in [4.69, 9.17) is 18.9 Å². The molecule has 1 aliphatic heterocycles. The molecule has 0 amide bonds. The minimum atomic E-state index is -0.266. The summed E-state index contributed by atoms with van der Waals surface area (Å²) in [6.45, 7) is 5.88. The molecule has 1 heterocycles. The smallest absolute Gasteiger partial charge is 0.116 e. The zero-order chi connectivity index (χ0) is 22.0. The van der Waals surface area contributed by atoms with Crippen LogP contribution in [0.3, 0.4) is 0 Å². The third-order valence-corrected chi connectivity index (χ3v) is 5.54. The van der Waals surface area contributed by atoms with Crippen molar-refractivity contribution in [2.45, 2.75) is 44.2 Å². The van der Waals surface area contributed by atoms with Gasteiger partial charge in [0.15, 0.2) is 0 Å². The molecule has 4 nitrogen and oxygen atoms in total. The van der Waals surface area contributed by atoms with Crippen LogP contribution in [0.1, 0.15) is 16.7 Å². The lowest BCUT2D eigenvalue weighted by Crippen LogP contribution is -2.38. The van der Waals surface area contributed by atoms with Crippen LogP contribution in [0, 0.1) is 0 Å². The third-order valence-electron chi connectivity index (χ3n) is 5.54. The summed E-state index contributed by atoms with van der Waals surface area (Å²) in [7, 11) is 0. The fraction of sp³-hybridized carbons (Fsp3) is 0.286. The number of rotatable bonds is 11. The fourth-order valence-corrected chi connectivity index (χ4v) is 3.87. The largest absolute Gasteiger partial charge is 0.374 e. The van der Waals surface area contributed by atoms with E-state index in [1.165, 1.54) is 0 Å². The number of hydrogen-bond acceptors (Lipinski definition) is 4. The van der Waals surface area contributed by atoms with Gasteiger partial charge in [-0.25, -0.2) is 0 Å². The first-order valence-electron chi connectivity index (χ1n) is 11.0. The Hall–Kier alpha value is -2.76. The van der Waals surface area contributed by atoms with E-state index in [9.17, 15) is 0 Å². The van der Waals surface area contributed by atoms with E-state index < -0.39 is 0 Å². The van der Waals surface area contributed by atoms with Crippen LogP contribution in [0.25, 0.3) is 0 Å². The maximum Gasteiger partial charge on any atom is 0.116 e. The highest BCUT2D eigenvalue weighted by atomic mass is 16.6. The van der Waals surface area contributed by atoms with Gasteiger partial charge in [0.1, 0.15) is 24.4 Å². The van der Waals surface area contributed by atoms with Crippen LogP contribution in [0.5, 0.6) is 0 Å². The summed E-state index contributed by atoms with van der Waals surface area (Å²) in [4.78, 5) is 0. The monoisotopic (exact) mass is 430 g/mol. The molecule has 3 aromatic carbocycles. The van der Waals surface area contributed by atoms with Gasteiger partial charge in [-0.1, -0.05) is 97.1 Å². The Morgan fingerprint density at radius 3 is 1.62 bits per heavy atom. The number of hydrogen-bond donors (Lipinski definition) is 0. The second kappa shape index (κ2) is 11.7. The predicted molar refractivity (Wildman–Crippen MR) is 125 cm³/mol. The van der Waals surface area contributed by atoms with Crippen molar-refractivity contribution in [1.82, 2.24) is 0 Å².